The van der Waals surface area contributed by atoms with E-state index >= 15 is 0 Å². The molecule has 1 aromatic carbocycles. The summed E-state index contributed by atoms with van der Waals surface area (Å²) in [5, 5.41) is 8.08. The van der Waals surface area contributed by atoms with Crippen LogP contribution in [-0.2, 0) is 4.74 Å². The zero-order chi connectivity index (χ0) is 19.3. The molecule has 1 N–H and O–H groups in total. The van der Waals surface area contributed by atoms with Crippen molar-refractivity contribution >= 4 is 17.5 Å². The molecule has 0 spiro atoms. The highest BCUT2D eigenvalue weighted by molar-refractivity contribution is 6.30. The van der Waals surface area contributed by atoms with Gasteiger partial charge in [-0.3, -0.25) is 9.69 Å². The first-order chi connectivity index (χ1) is 13.7. The number of rotatable bonds is 6. The fourth-order valence-corrected chi connectivity index (χ4v) is 3.24. The highest BCUT2D eigenvalue weighted by atomic mass is 35.5. The number of carbonyl (C=O) groups is 1. The zero-order valence-electron chi connectivity index (χ0n) is 15.3. The van der Waals surface area contributed by atoms with Crippen molar-refractivity contribution in [3.63, 3.8) is 0 Å². The first-order valence-electron chi connectivity index (χ1n) is 9.19. The van der Waals surface area contributed by atoms with Gasteiger partial charge in [-0.2, -0.15) is 5.10 Å². The highest BCUT2D eigenvalue weighted by Crippen LogP contribution is 2.25. The first-order valence-corrected chi connectivity index (χ1v) is 9.57. The van der Waals surface area contributed by atoms with E-state index < -0.39 is 0 Å². The lowest BCUT2D eigenvalue weighted by atomic mass is 10.2. The number of halogens is 1. The molecule has 3 aromatic rings. The summed E-state index contributed by atoms with van der Waals surface area (Å²) in [6, 6.07) is 12.6. The maximum Gasteiger partial charge on any atom is 0.271 e. The molecule has 1 saturated heterocycles. The van der Waals surface area contributed by atoms with Gasteiger partial charge >= 0.3 is 0 Å². The van der Waals surface area contributed by atoms with E-state index in [0.717, 1.165) is 38.5 Å². The van der Waals surface area contributed by atoms with E-state index in [1.54, 1.807) is 35.2 Å². The second kappa shape index (κ2) is 8.60. The number of benzene rings is 1. The highest BCUT2D eigenvalue weighted by Gasteiger charge is 2.18. The molecule has 146 valence electrons. The third-order valence-corrected chi connectivity index (χ3v) is 4.86. The smallest absolute Gasteiger partial charge is 0.271 e. The van der Waals surface area contributed by atoms with Gasteiger partial charge in [0.25, 0.3) is 5.91 Å². The molecule has 8 heteroatoms. The lowest BCUT2D eigenvalue weighted by molar-refractivity contribution is 0.0383. The minimum Gasteiger partial charge on any atom is -0.463 e. The normalized spacial score (nSPS) is 14.9. The molecule has 0 aliphatic carbocycles. The Kier molecular flexibility index (Phi) is 5.76. The molecule has 2 aromatic heterocycles. The number of nitrogens with one attached hydrogen (secondary N) is 1. The van der Waals surface area contributed by atoms with E-state index in [1.165, 1.54) is 0 Å². The minimum absolute atomic E-state index is 0.214. The van der Waals surface area contributed by atoms with Crippen LogP contribution in [0.5, 0.6) is 0 Å². The molecule has 28 heavy (non-hydrogen) atoms. The van der Waals surface area contributed by atoms with E-state index in [2.05, 4.69) is 15.3 Å². The largest absolute Gasteiger partial charge is 0.463 e. The van der Waals surface area contributed by atoms with Gasteiger partial charge in [-0.15, -0.1) is 0 Å². The third-order valence-electron chi connectivity index (χ3n) is 4.60. The molecule has 0 radical (unpaired) electrons. The van der Waals surface area contributed by atoms with Gasteiger partial charge in [0.1, 0.15) is 5.69 Å². The number of hydrogen-bond donors (Lipinski definition) is 1. The molecule has 1 fully saturated rings. The topological polar surface area (TPSA) is 72.5 Å². The Bertz CT molecular complexity index is 916. The molecule has 0 saturated carbocycles. The summed E-state index contributed by atoms with van der Waals surface area (Å²) in [6.45, 7) is 4.62. The first kappa shape index (κ1) is 18.7. The number of furan rings is 1. The summed E-state index contributed by atoms with van der Waals surface area (Å²) in [4.78, 5) is 14.9. The van der Waals surface area contributed by atoms with Gasteiger partial charge in [-0.25, -0.2) is 4.68 Å². The monoisotopic (exact) mass is 400 g/mol. The summed E-state index contributed by atoms with van der Waals surface area (Å²) in [7, 11) is 0. The molecule has 4 rings (SSSR count). The van der Waals surface area contributed by atoms with Crippen molar-refractivity contribution in [1.82, 2.24) is 20.0 Å². The predicted molar refractivity (Wildman–Crippen MR) is 106 cm³/mol. The Morgan fingerprint density at radius 3 is 2.68 bits per heavy atom. The second-order valence-electron chi connectivity index (χ2n) is 6.49. The van der Waals surface area contributed by atoms with E-state index in [9.17, 15) is 4.79 Å². The number of morpholine rings is 1. The molecule has 3 heterocycles. The number of ether oxygens (including phenoxy) is 1. The number of hydrogen-bond acceptors (Lipinski definition) is 5. The number of amides is 1. The fourth-order valence-electron chi connectivity index (χ4n) is 3.11. The van der Waals surface area contributed by atoms with Crippen LogP contribution in [0.2, 0.25) is 5.02 Å². The maximum absolute atomic E-state index is 12.6. The van der Waals surface area contributed by atoms with Crippen LogP contribution in [0.15, 0.2) is 53.1 Å². The third kappa shape index (κ3) is 4.27. The van der Waals surface area contributed by atoms with Gasteiger partial charge in [0.2, 0.25) is 0 Å². The van der Waals surface area contributed by atoms with E-state index in [-0.39, 0.29) is 5.91 Å². The summed E-state index contributed by atoms with van der Waals surface area (Å²) in [5.74, 6) is 0.420. The van der Waals surface area contributed by atoms with Crippen molar-refractivity contribution in [2.45, 2.75) is 0 Å². The van der Waals surface area contributed by atoms with Gasteiger partial charge in [-0.05, 0) is 36.4 Å². The van der Waals surface area contributed by atoms with Gasteiger partial charge in [0, 0.05) is 37.3 Å². The SMILES string of the molecule is O=C(NCCN1CCOCC1)c1cc(-c2ccco2)n(-c2ccc(Cl)cc2)n1. The Labute approximate surface area is 167 Å². The molecule has 0 atom stereocenters. The summed E-state index contributed by atoms with van der Waals surface area (Å²) in [6.07, 6.45) is 1.59. The summed E-state index contributed by atoms with van der Waals surface area (Å²) < 4.78 is 12.5. The van der Waals surface area contributed by atoms with Crippen molar-refractivity contribution in [3.05, 3.63) is 59.4 Å². The Hall–Kier alpha value is -2.61. The van der Waals surface area contributed by atoms with Crippen LogP contribution in [-0.4, -0.2) is 60.0 Å². The molecule has 0 bridgehead atoms. The molecule has 1 aliphatic rings. The average Bonchev–Trinajstić information content (AvgIpc) is 3.39. The second-order valence-corrected chi connectivity index (χ2v) is 6.93. The summed E-state index contributed by atoms with van der Waals surface area (Å²) in [5.41, 5.74) is 1.83. The fraction of sp³-hybridized carbons (Fsp3) is 0.300. The number of nitrogens with zero attached hydrogens (tertiary/aromatic N) is 3. The van der Waals surface area contributed by atoms with Crippen molar-refractivity contribution < 1.29 is 13.9 Å². The zero-order valence-corrected chi connectivity index (χ0v) is 16.1. The van der Waals surface area contributed by atoms with Gasteiger partial charge in [0.05, 0.1) is 25.2 Å². The quantitative estimate of drug-likeness (QED) is 0.688. The Morgan fingerprint density at radius 1 is 1.18 bits per heavy atom. The van der Waals surface area contributed by atoms with Gasteiger partial charge in [0.15, 0.2) is 11.5 Å². The minimum atomic E-state index is -0.214. The molecular formula is C20H21ClN4O3. The van der Waals surface area contributed by atoms with E-state index in [0.29, 0.717) is 28.7 Å². The number of carbonyl (C=O) groups excluding carboxylic acids is 1. The van der Waals surface area contributed by atoms with Gasteiger partial charge in [-0.1, -0.05) is 11.6 Å². The predicted octanol–water partition coefficient (Wildman–Crippen LogP) is 2.85. The van der Waals surface area contributed by atoms with Crippen LogP contribution >= 0.6 is 11.6 Å². The summed E-state index contributed by atoms with van der Waals surface area (Å²) >= 11 is 5.99. The molecule has 7 nitrogen and oxygen atoms in total. The van der Waals surface area contributed by atoms with Crippen LogP contribution in [0.4, 0.5) is 0 Å². The number of aromatic nitrogens is 2. The molecule has 0 unspecified atom stereocenters. The van der Waals surface area contributed by atoms with E-state index in [4.69, 9.17) is 20.8 Å². The lowest BCUT2D eigenvalue weighted by Crippen LogP contribution is -2.41. The maximum atomic E-state index is 12.6. The lowest BCUT2D eigenvalue weighted by Gasteiger charge is -2.26. The average molecular weight is 401 g/mol. The van der Waals surface area contributed by atoms with Gasteiger partial charge < -0.3 is 14.5 Å². The van der Waals surface area contributed by atoms with Crippen LogP contribution < -0.4 is 5.32 Å². The standard InChI is InChI=1S/C20H21ClN4O3/c21-15-3-5-16(6-4-15)25-18(19-2-1-11-28-19)14-17(23-25)20(26)22-7-8-24-9-12-27-13-10-24/h1-6,11,14H,7-10,12-13H2,(H,22,26). The Morgan fingerprint density at radius 2 is 1.96 bits per heavy atom. The molecule has 1 amide bonds. The van der Waals surface area contributed by atoms with Crippen LogP contribution in [0.1, 0.15) is 10.5 Å². The van der Waals surface area contributed by atoms with Crippen molar-refractivity contribution in [2.24, 2.45) is 0 Å². The van der Waals surface area contributed by atoms with Crippen LogP contribution in [0.25, 0.3) is 17.1 Å². The molecule has 1 aliphatic heterocycles. The van der Waals surface area contributed by atoms with E-state index in [1.807, 2.05) is 18.2 Å². The Balaban J connectivity index is 1.51. The van der Waals surface area contributed by atoms with Crippen LogP contribution in [0, 0.1) is 0 Å². The van der Waals surface area contributed by atoms with Crippen molar-refractivity contribution in [2.75, 3.05) is 39.4 Å². The van der Waals surface area contributed by atoms with Crippen LogP contribution in [0.3, 0.4) is 0 Å². The van der Waals surface area contributed by atoms with Crippen molar-refractivity contribution in [3.8, 4) is 17.1 Å². The van der Waals surface area contributed by atoms with Crippen molar-refractivity contribution in [1.29, 1.82) is 0 Å². The molecular weight excluding hydrogens is 380 g/mol.